The predicted octanol–water partition coefficient (Wildman–Crippen LogP) is 0.725. The van der Waals surface area contributed by atoms with Crippen LogP contribution in [0.3, 0.4) is 0 Å². The fourth-order valence-corrected chi connectivity index (χ4v) is 1.06. The molecule has 0 spiro atoms. The van der Waals surface area contributed by atoms with Gasteiger partial charge in [0, 0.05) is 7.11 Å². The van der Waals surface area contributed by atoms with E-state index in [-0.39, 0.29) is 5.78 Å². The second-order valence-corrected chi connectivity index (χ2v) is 3.49. The van der Waals surface area contributed by atoms with Crippen molar-refractivity contribution >= 4 is 11.9 Å². The second kappa shape index (κ2) is 4.95. The molecule has 0 radical (unpaired) electrons. The van der Waals surface area contributed by atoms with Crippen molar-refractivity contribution in [3.63, 3.8) is 0 Å². The van der Waals surface area contributed by atoms with E-state index in [2.05, 4.69) is 10.1 Å². The molecule has 1 atom stereocenters. The minimum Gasteiger partial charge on any atom is -0.453 e. The molecule has 0 heterocycles. The molecule has 1 amide bonds. The predicted molar refractivity (Wildman–Crippen MR) is 51.1 cm³/mol. The molecular formula is C9H17NO4. The van der Waals surface area contributed by atoms with Crippen LogP contribution in [-0.4, -0.2) is 37.7 Å². The van der Waals surface area contributed by atoms with Crippen LogP contribution in [0, 0.1) is 0 Å². The lowest BCUT2D eigenvalue weighted by Gasteiger charge is -2.31. The fraction of sp³-hybridized carbons (Fsp3) is 0.778. The Morgan fingerprint density at radius 1 is 1.29 bits per heavy atom. The molecular weight excluding hydrogens is 186 g/mol. The van der Waals surface area contributed by atoms with Gasteiger partial charge < -0.3 is 14.8 Å². The van der Waals surface area contributed by atoms with Crippen LogP contribution in [0.2, 0.25) is 0 Å². The molecule has 0 aromatic heterocycles. The van der Waals surface area contributed by atoms with Crippen molar-refractivity contribution in [2.24, 2.45) is 0 Å². The molecule has 0 saturated carbocycles. The van der Waals surface area contributed by atoms with Gasteiger partial charge in [-0.25, -0.2) is 4.79 Å². The minimum absolute atomic E-state index is 0.178. The fourth-order valence-electron chi connectivity index (χ4n) is 1.06. The Balaban J connectivity index is 4.61. The lowest BCUT2D eigenvalue weighted by atomic mass is 9.95. The Morgan fingerprint density at radius 3 is 2.07 bits per heavy atom. The van der Waals surface area contributed by atoms with Crippen LogP contribution in [0.15, 0.2) is 0 Å². The van der Waals surface area contributed by atoms with Gasteiger partial charge >= 0.3 is 6.09 Å². The topological polar surface area (TPSA) is 64.6 Å². The summed E-state index contributed by atoms with van der Waals surface area (Å²) < 4.78 is 9.53. The molecule has 0 bridgehead atoms. The highest BCUT2D eigenvalue weighted by atomic mass is 16.5. The van der Waals surface area contributed by atoms with Gasteiger partial charge in [0.2, 0.25) is 0 Å². The van der Waals surface area contributed by atoms with Crippen LogP contribution < -0.4 is 5.32 Å². The third kappa shape index (κ3) is 3.33. The van der Waals surface area contributed by atoms with Gasteiger partial charge in [0.25, 0.3) is 0 Å². The van der Waals surface area contributed by atoms with Crippen LogP contribution in [0.25, 0.3) is 0 Å². The van der Waals surface area contributed by atoms with E-state index in [1.807, 2.05) is 0 Å². The van der Waals surface area contributed by atoms with E-state index >= 15 is 0 Å². The van der Waals surface area contributed by atoms with Crippen molar-refractivity contribution in [2.45, 2.75) is 32.4 Å². The summed E-state index contributed by atoms with van der Waals surface area (Å²) in [6, 6.07) is -0.708. The molecule has 14 heavy (non-hydrogen) atoms. The van der Waals surface area contributed by atoms with Crippen molar-refractivity contribution in [2.75, 3.05) is 14.2 Å². The molecule has 1 unspecified atom stereocenters. The highest BCUT2D eigenvalue weighted by molar-refractivity contribution is 5.86. The lowest BCUT2D eigenvalue weighted by Crippen LogP contribution is -2.54. The van der Waals surface area contributed by atoms with Gasteiger partial charge in [-0.2, -0.15) is 0 Å². The Bertz CT molecular complexity index is 225. The molecule has 0 saturated heterocycles. The third-order valence-electron chi connectivity index (χ3n) is 2.08. The van der Waals surface area contributed by atoms with E-state index in [0.717, 1.165) is 0 Å². The van der Waals surface area contributed by atoms with Crippen LogP contribution in [0.1, 0.15) is 20.8 Å². The Hall–Kier alpha value is -1.10. The highest BCUT2D eigenvalue weighted by Crippen LogP contribution is 2.14. The molecule has 82 valence electrons. The van der Waals surface area contributed by atoms with Crippen LogP contribution in [0.5, 0.6) is 0 Å². The molecule has 5 heteroatoms. The first kappa shape index (κ1) is 12.9. The number of ether oxygens (including phenoxy) is 2. The molecule has 0 aliphatic heterocycles. The number of hydrogen-bond acceptors (Lipinski definition) is 4. The van der Waals surface area contributed by atoms with E-state index in [9.17, 15) is 9.59 Å². The maximum Gasteiger partial charge on any atom is 0.407 e. The number of carbonyl (C=O) groups excluding carboxylic acids is 2. The van der Waals surface area contributed by atoms with Gasteiger partial charge in [-0.3, -0.25) is 4.79 Å². The summed E-state index contributed by atoms with van der Waals surface area (Å²) in [5, 5.41) is 2.42. The quantitative estimate of drug-likeness (QED) is 0.731. The summed E-state index contributed by atoms with van der Waals surface area (Å²) in [5.74, 6) is -0.178. The Kier molecular flexibility index (Phi) is 4.56. The first-order chi connectivity index (χ1) is 6.35. The molecule has 1 N–H and O–H groups in total. The van der Waals surface area contributed by atoms with Gasteiger partial charge in [0.15, 0.2) is 5.78 Å². The summed E-state index contributed by atoms with van der Waals surface area (Å²) in [4.78, 5) is 22.2. The molecule has 0 fully saturated rings. The van der Waals surface area contributed by atoms with Gasteiger partial charge in [-0.15, -0.1) is 0 Å². The second-order valence-electron chi connectivity index (χ2n) is 3.49. The zero-order valence-electron chi connectivity index (χ0n) is 9.21. The number of carbonyl (C=O) groups is 2. The zero-order valence-corrected chi connectivity index (χ0v) is 9.21. The molecule has 0 rings (SSSR count). The number of amides is 1. The summed E-state index contributed by atoms with van der Waals surface area (Å²) in [6.07, 6.45) is -0.643. The van der Waals surface area contributed by atoms with Crippen molar-refractivity contribution in [1.82, 2.24) is 5.32 Å². The number of rotatable bonds is 4. The Labute approximate surface area is 83.8 Å². The maximum atomic E-state index is 11.3. The van der Waals surface area contributed by atoms with E-state index in [1.165, 1.54) is 21.1 Å². The summed E-state index contributed by atoms with van der Waals surface area (Å²) in [6.45, 7) is 4.82. The van der Waals surface area contributed by atoms with Crippen molar-refractivity contribution in [1.29, 1.82) is 0 Å². The smallest absolute Gasteiger partial charge is 0.407 e. The van der Waals surface area contributed by atoms with Crippen LogP contribution in [0.4, 0.5) is 4.79 Å². The minimum atomic E-state index is -0.750. The highest BCUT2D eigenvalue weighted by Gasteiger charge is 2.34. The number of hydrogen-bond donors (Lipinski definition) is 1. The van der Waals surface area contributed by atoms with Crippen molar-refractivity contribution in [3.8, 4) is 0 Å². The van der Waals surface area contributed by atoms with Gasteiger partial charge in [0.1, 0.15) is 6.04 Å². The van der Waals surface area contributed by atoms with Crippen LogP contribution in [-0.2, 0) is 14.3 Å². The van der Waals surface area contributed by atoms with Crippen molar-refractivity contribution in [3.05, 3.63) is 0 Å². The summed E-state index contributed by atoms with van der Waals surface area (Å²) in [7, 11) is 2.72. The number of methoxy groups -OCH3 is 2. The first-order valence-corrected chi connectivity index (χ1v) is 4.25. The molecule has 0 aliphatic carbocycles. The number of nitrogens with one attached hydrogen (secondary N) is 1. The van der Waals surface area contributed by atoms with Gasteiger partial charge in [-0.05, 0) is 20.8 Å². The molecule has 0 aliphatic rings. The van der Waals surface area contributed by atoms with Crippen LogP contribution >= 0.6 is 0 Å². The average Bonchev–Trinajstić information content (AvgIpc) is 2.12. The SMILES string of the molecule is COC(=O)NC(C(C)=O)C(C)(C)OC. The standard InChI is InChI=1S/C9H17NO4/c1-6(11)7(9(2,3)14-5)10-8(12)13-4/h7H,1-5H3,(H,10,12). The third-order valence-corrected chi connectivity index (χ3v) is 2.08. The number of alkyl carbamates (subject to hydrolysis) is 1. The molecule has 0 aromatic carbocycles. The van der Waals surface area contributed by atoms with E-state index in [1.54, 1.807) is 13.8 Å². The number of Topliss-reactive ketones (excluding diaryl/α,β-unsaturated/α-hetero) is 1. The van der Waals surface area contributed by atoms with Gasteiger partial charge in [0.05, 0.1) is 12.7 Å². The zero-order chi connectivity index (χ0) is 11.4. The number of ketones is 1. The Morgan fingerprint density at radius 2 is 1.79 bits per heavy atom. The average molecular weight is 203 g/mol. The molecule has 5 nitrogen and oxygen atoms in total. The monoisotopic (exact) mass is 203 g/mol. The van der Waals surface area contributed by atoms with Gasteiger partial charge in [-0.1, -0.05) is 0 Å². The summed E-state index contributed by atoms with van der Waals surface area (Å²) >= 11 is 0. The van der Waals surface area contributed by atoms with Crippen molar-refractivity contribution < 1.29 is 19.1 Å². The van der Waals surface area contributed by atoms with E-state index in [0.29, 0.717) is 0 Å². The molecule has 0 aromatic rings. The van der Waals surface area contributed by atoms with E-state index < -0.39 is 17.7 Å². The largest absolute Gasteiger partial charge is 0.453 e. The summed E-state index contributed by atoms with van der Waals surface area (Å²) in [5.41, 5.74) is -0.750. The van der Waals surface area contributed by atoms with E-state index in [4.69, 9.17) is 4.74 Å². The normalized spacial score (nSPS) is 13.2. The lowest BCUT2D eigenvalue weighted by molar-refractivity contribution is -0.125. The maximum absolute atomic E-state index is 11.3. The first-order valence-electron chi connectivity index (χ1n) is 4.25.